The maximum absolute atomic E-state index is 6.12. The minimum atomic E-state index is 0.147. The number of methoxy groups -OCH3 is 1. The predicted molar refractivity (Wildman–Crippen MR) is 81.3 cm³/mol. The van der Waals surface area contributed by atoms with Crippen molar-refractivity contribution in [2.75, 3.05) is 12.9 Å². The third-order valence-electron chi connectivity index (χ3n) is 2.89. The summed E-state index contributed by atoms with van der Waals surface area (Å²) in [6.45, 7) is 6.59. The van der Waals surface area contributed by atoms with Gasteiger partial charge in [0.15, 0.2) is 0 Å². The molecule has 0 aliphatic carbocycles. The highest BCUT2D eigenvalue weighted by Gasteiger charge is 2.17. The molecule has 0 radical (unpaired) electrons. The zero-order chi connectivity index (χ0) is 13.5. The Hall–Kier alpha value is -0.670. The first-order valence-electron chi connectivity index (χ1n) is 6.55. The number of nitrogens with two attached hydrogens (primary N) is 1. The second kappa shape index (κ2) is 7.70. The van der Waals surface area contributed by atoms with Crippen molar-refractivity contribution in [3.63, 3.8) is 0 Å². The van der Waals surface area contributed by atoms with Crippen LogP contribution in [0.5, 0.6) is 5.75 Å². The smallest absolute Gasteiger partial charge is 0.119 e. The largest absolute Gasteiger partial charge is 0.497 e. The summed E-state index contributed by atoms with van der Waals surface area (Å²) >= 11 is 1.95. The summed E-state index contributed by atoms with van der Waals surface area (Å²) in [5, 5.41) is 0.346. The number of benzene rings is 1. The Morgan fingerprint density at radius 2 is 2.00 bits per heavy atom. The molecular formula is C15H25NOS. The molecule has 0 fully saturated rings. The van der Waals surface area contributed by atoms with E-state index >= 15 is 0 Å². The van der Waals surface area contributed by atoms with Crippen LogP contribution in [0.15, 0.2) is 24.3 Å². The fraction of sp³-hybridized carbons (Fsp3) is 0.600. The summed E-state index contributed by atoms with van der Waals surface area (Å²) in [4.78, 5) is 0. The molecule has 0 aromatic heterocycles. The van der Waals surface area contributed by atoms with Crippen molar-refractivity contribution in [2.45, 2.75) is 38.5 Å². The van der Waals surface area contributed by atoms with Gasteiger partial charge in [0.25, 0.3) is 0 Å². The van der Waals surface area contributed by atoms with Crippen molar-refractivity contribution in [3.8, 4) is 5.75 Å². The molecule has 18 heavy (non-hydrogen) atoms. The molecule has 2 N–H and O–H groups in total. The summed E-state index contributed by atoms with van der Waals surface area (Å²) in [7, 11) is 1.70. The van der Waals surface area contributed by atoms with E-state index in [-0.39, 0.29) is 6.04 Å². The van der Waals surface area contributed by atoms with Gasteiger partial charge < -0.3 is 10.5 Å². The highest BCUT2D eigenvalue weighted by molar-refractivity contribution is 7.99. The molecule has 0 heterocycles. The van der Waals surface area contributed by atoms with Crippen LogP contribution >= 0.6 is 11.8 Å². The molecule has 2 atom stereocenters. The lowest BCUT2D eigenvalue weighted by molar-refractivity contribution is 0.414. The van der Waals surface area contributed by atoms with Crippen LogP contribution in [0.4, 0.5) is 0 Å². The second-order valence-electron chi connectivity index (χ2n) is 5.11. The first kappa shape index (κ1) is 15.4. The van der Waals surface area contributed by atoms with Gasteiger partial charge in [-0.1, -0.05) is 26.0 Å². The van der Waals surface area contributed by atoms with Crippen LogP contribution in [0.25, 0.3) is 0 Å². The van der Waals surface area contributed by atoms with Crippen LogP contribution in [-0.2, 0) is 0 Å². The Bertz CT molecular complexity index is 352. The third-order valence-corrected chi connectivity index (χ3v) is 4.42. The summed E-state index contributed by atoms with van der Waals surface area (Å²) in [6, 6.07) is 8.39. The van der Waals surface area contributed by atoms with E-state index in [4.69, 9.17) is 10.5 Å². The normalized spacial score (nSPS) is 14.6. The van der Waals surface area contributed by atoms with E-state index in [9.17, 15) is 0 Å². The Morgan fingerprint density at radius 3 is 2.56 bits per heavy atom. The topological polar surface area (TPSA) is 35.2 Å². The monoisotopic (exact) mass is 267 g/mol. The van der Waals surface area contributed by atoms with Crippen LogP contribution < -0.4 is 10.5 Å². The maximum atomic E-state index is 6.12. The van der Waals surface area contributed by atoms with Gasteiger partial charge in [0.05, 0.1) is 7.11 Å². The lowest BCUT2D eigenvalue weighted by Gasteiger charge is -2.21. The SMILES string of the molecule is COc1cccc(C(SCCC(C)C)C(C)N)c1. The van der Waals surface area contributed by atoms with Gasteiger partial charge in [-0.2, -0.15) is 11.8 Å². The minimum absolute atomic E-state index is 0.147. The van der Waals surface area contributed by atoms with E-state index in [0.717, 1.165) is 17.4 Å². The molecule has 102 valence electrons. The molecular weight excluding hydrogens is 242 g/mol. The van der Waals surface area contributed by atoms with Crippen LogP contribution in [0.2, 0.25) is 0 Å². The first-order chi connectivity index (χ1) is 8.54. The van der Waals surface area contributed by atoms with E-state index in [0.29, 0.717) is 5.25 Å². The zero-order valence-corrected chi connectivity index (χ0v) is 12.7. The lowest BCUT2D eigenvalue weighted by atomic mass is 10.1. The van der Waals surface area contributed by atoms with Crippen molar-refractivity contribution < 1.29 is 4.74 Å². The third kappa shape index (κ3) is 4.91. The molecule has 1 rings (SSSR count). The molecule has 3 heteroatoms. The molecule has 1 aromatic rings. The van der Waals surface area contributed by atoms with Crippen LogP contribution in [0, 0.1) is 5.92 Å². The van der Waals surface area contributed by atoms with Gasteiger partial charge in [-0.05, 0) is 42.7 Å². The first-order valence-corrected chi connectivity index (χ1v) is 7.60. The molecule has 0 spiro atoms. The number of hydrogen-bond donors (Lipinski definition) is 1. The Morgan fingerprint density at radius 1 is 1.28 bits per heavy atom. The summed E-state index contributed by atoms with van der Waals surface area (Å²) in [5.41, 5.74) is 7.38. The van der Waals surface area contributed by atoms with Gasteiger partial charge in [-0.15, -0.1) is 0 Å². The maximum Gasteiger partial charge on any atom is 0.119 e. The van der Waals surface area contributed by atoms with E-state index in [1.54, 1.807) is 7.11 Å². The molecule has 0 saturated heterocycles. The van der Waals surface area contributed by atoms with Crippen LogP contribution in [-0.4, -0.2) is 18.9 Å². The van der Waals surface area contributed by atoms with E-state index in [2.05, 4.69) is 32.9 Å². The van der Waals surface area contributed by atoms with Crippen LogP contribution in [0.1, 0.15) is 38.0 Å². The van der Waals surface area contributed by atoms with Crippen molar-refractivity contribution in [1.29, 1.82) is 0 Å². The molecule has 0 aliphatic heterocycles. The summed E-state index contributed by atoms with van der Waals surface area (Å²) in [5.74, 6) is 2.81. The van der Waals surface area contributed by atoms with Gasteiger partial charge >= 0.3 is 0 Å². The minimum Gasteiger partial charge on any atom is -0.497 e. The molecule has 1 aromatic carbocycles. The fourth-order valence-electron chi connectivity index (χ4n) is 1.80. The number of hydrogen-bond acceptors (Lipinski definition) is 3. The average Bonchev–Trinajstić information content (AvgIpc) is 2.34. The van der Waals surface area contributed by atoms with Gasteiger partial charge in [0.2, 0.25) is 0 Å². The average molecular weight is 267 g/mol. The van der Waals surface area contributed by atoms with Gasteiger partial charge in [-0.3, -0.25) is 0 Å². The van der Waals surface area contributed by atoms with Crippen molar-refractivity contribution in [2.24, 2.45) is 11.7 Å². The lowest BCUT2D eigenvalue weighted by Crippen LogP contribution is -2.23. The van der Waals surface area contributed by atoms with E-state index in [1.807, 2.05) is 23.9 Å². The van der Waals surface area contributed by atoms with E-state index in [1.165, 1.54) is 12.0 Å². The van der Waals surface area contributed by atoms with Crippen molar-refractivity contribution in [3.05, 3.63) is 29.8 Å². The zero-order valence-electron chi connectivity index (χ0n) is 11.8. The van der Waals surface area contributed by atoms with E-state index < -0.39 is 0 Å². The molecule has 0 aliphatic rings. The van der Waals surface area contributed by atoms with Crippen molar-refractivity contribution in [1.82, 2.24) is 0 Å². The highest BCUT2D eigenvalue weighted by atomic mass is 32.2. The predicted octanol–water partition coefficient (Wildman–Crippen LogP) is 3.86. The van der Waals surface area contributed by atoms with Gasteiger partial charge in [0, 0.05) is 11.3 Å². The second-order valence-corrected chi connectivity index (χ2v) is 6.36. The Kier molecular flexibility index (Phi) is 6.58. The Labute approximate surface area is 115 Å². The van der Waals surface area contributed by atoms with Gasteiger partial charge in [0.1, 0.15) is 5.75 Å². The molecule has 0 bridgehead atoms. The highest BCUT2D eigenvalue weighted by Crippen LogP contribution is 2.33. The Balaban J connectivity index is 2.71. The quantitative estimate of drug-likeness (QED) is 0.814. The summed E-state index contributed by atoms with van der Waals surface area (Å²) in [6.07, 6.45) is 1.23. The molecule has 2 nitrogen and oxygen atoms in total. The molecule has 0 amide bonds. The molecule has 2 unspecified atom stereocenters. The molecule has 0 saturated carbocycles. The van der Waals surface area contributed by atoms with Crippen LogP contribution in [0.3, 0.4) is 0 Å². The van der Waals surface area contributed by atoms with Crippen molar-refractivity contribution >= 4 is 11.8 Å². The standard InChI is InChI=1S/C15H25NOS/c1-11(2)8-9-18-15(12(3)16)13-6-5-7-14(10-13)17-4/h5-7,10-12,15H,8-9,16H2,1-4H3. The number of thioether (sulfide) groups is 1. The number of rotatable bonds is 7. The van der Waals surface area contributed by atoms with Gasteiger partial charge in [-0.25, -0.2) is 0 Å². The fourth-order valence-corrected chi connectivity index (χ4v) is 3.30. The summed E-state index contributed by atoms with van der Waals surface area (Å²) < 4.78 is 5.28. The number of ether oxygens (including phenoxy) is 1.